The van der Waals surface area contributed by atoms with Gasteiger partial charge in [-0.25, -0.2) is 4.79 Å². The van der Waals surface area contributed by atoms with E-state index < -0.39 is 48.3 Å². The fraction of sp³-hybridized carbons (Fsp3) is 0.784. The maximum Gasteiger partial charge on any atom is 0.511 e. The lowest BCUT2D eigenvalue weighted by molar-refractivity contribution is -0.172. The lowest BCUT2D eigenvalue weighted by Crippen LogP contribution is -2.37. The van der Waals surface area contributed by atoms with Gasteiger partial charge in [0.05, 0.1) is 0 Å². The van der Waals surface area contributed by atoms with E-state index in [1.807, 2.05) is 6.08 Å². The van der Waals surface area contributed by atoms with Crippen LogP contribution in [0.15, 0.2) is 11.6 Å². The molecule has 0 aliphatic heterocycles. The van der Waals surface area contributed by atoms with E-state index in [2.05, 4.69) is 13.8 Å². The van der Waals surface area contributed by atoms with Crippen molar-refractivity contribution in [3.8, 4) is 0 Å². The van der Waals surface area contributed by atoms with E-state index in [4.69, 9.17) is 28.4 Å². The highest BCUT2D eigenvalue weighted by Crippen LogP contribution is 2.73. The number of ketones is 1. The maximum atomic E-state index is 12.9. The number of hydrogen-bond acceptors (Lipinski definition) is 12. The number of hydrogen-bond donors (Lipinski definition) is 0. The molecule has 3 fully saturated rings. The van der Waals surface area contributed by atoms with Crippen molar-refractivity contribution in [2.45, 2.75) is 137 Å². The van der Waals surface area contributed by atoms with Gasteiger partial charge in [-0.15, -0.1) is 0 Å². The number of esters is 4. The van der Waals surface area contributed by atoms with Gasteiger partial charge in [0, 0.05) is 45.4 Å². The van der Waals surface area contributed by atoms with Crippen LogP contribution in [0.25, 0.3) is 0 Å². The van der Waals surface area contributed by atoms with Crippen molar-refractivity contribution in [3.63, 3.8) is 0 Å². The highest BCUT2D eigenvalue weighted by Gasteiger charge is 2.67. The Labute approximate surface area is 289 Å². The molecule has 4 rings (SSSR count). The summed E-state index contributed by atoms with van der Waals surface area (Å²) in [6, 6.07) is 0. The Hall–Kier alpha value is -3.44. The molecule has 4 aliphatic rings. The zero-order chi connectivity index (χ0) is 35.9. The molecule has 4 aliphatic carbocycles. The molecule has 0 radical (unpaired) electrons. The Morgan fingerprint density at radius 2 is 1.49 bits per heavy atom. The Balaban J connectivity index is 1.21. The van der Waals surface area contributed by atoms with Crippen molar-refractivity contribution < 1.29 is 57.2 Å². The van der Waals surface area contributed by atoms with Crippen molar-refractivity contribution in [3.05, 3.63) is 11.6 Å². The van der Waals surface area contributed by atoms with Crippen LogP contribution in [0.3, 0.4) is 0 Å². The summed E-state index contributed by atoms with van der Waals surface area (Å²) in [6.45, 7) is 9.24. The second kappa shape index (κ2) is 16.5. The molecule has 8 atom stereocenters. The third kappa shape index (κ3) is 10.3. The first kappa shape index (κ1) is 38.4. The normalized spacial score (nSPS) is 31.6. The molecule has 12 nitrogen and oxygen atoms in total. The van der Waals surface area contributed by atoms with Crippen LogP contribution < -0.4 is 0 Å². The predicted octanol–water partition coefficient (Wildman–Crippen LogP) is 6.16. The molecule has 3 saturated carbocycles. The second-order valence-electron chi connectivity index (χ2n) is 15.1. The minimum Gasteiger partial charge on any atom is -0.462 e. The summed E-state index contributed by atoms with van der Waals surface area (Å²) in [4.78, 5) is 72.4. The molecular formula is C37H54O12. The number of fused-ring (bicyclic) bond motifs is 2. The maximum absolute atomic E-state index is 12.9. The number of allylic oxidation sites excluding steroid dienone is 2. The van der Waals surface area contributed by atoms with Crippen LogP contribution in [-0.2, 0) is 52.4 Å². The van der Waals surface area contributed by atoms with E-state index >= 15 is 0 Å². The lowest BCUT2D eigenvalue weighted by Gasteiger charge is -2.36. The van der Waals surface area contributed by atoms with Crippen molar-refractivity contribution in [1.82, 2.24) is 0 Å². The summed E-state index contributed by atoms with van der Waals surface area (Å²) >= 11 is 0. The smallest absolute Gasteiger partial charge is 0.462 e. The summed E-state index contributed by atoms with van der Waals surface area (Å²) in [7, 11) is 0. The van der Waals surface area contributed by atoms with Gasteiger partial charge in [-0.05, 0) is 99.9 Å². The van der Waals surface area contributed by atoms with Crippen molar-refractivity contribution in [2.75, 3.05) is 13.2 Å². The monoisotopic (exact) mass is 690 g/mol. The summed E-state index contributed by atoms with van der Waals surface area (Å²) in [5, 5.41) is 0. The highest BCUT2D eigenvalue weighted by molar-refractivity contribution is 5.90. The Bertz CT molecular complexity index is 1270. The van der Waals surface area contributed by atoms with Gasteiger partial charge in [0.25, 0.3) is 0 Å². The van der Waals surface area contributed by atoms with Gasteiger partial charge < -0.3 is 28.4 Å². The van der Waals surface area contributed by atoms with Crippen molar-refractivity contribution in [2.24, 2.45) is 34.5 Å². The van der Waals surface area contributed by atoms with E-state index in [0.29, 0.717) is 29.6 Å². The third-order valence-corrected chi connectivity index (χ3v) is 11.4. The molecule has 49 heavy (non-hydrogen) atoms. The van der Waals surface area contributed by atoms with Crippen LogP contribution in [0.1, 0.15) is 119 Å². The van der Waals surface area contributed by atoms with E-state index in [0.717, 1.165) is 57.8 Å². The third-order valence-electron chi connectivity index (χ3n) is 11.4. The van der Waals surface area contributed by atoms with Gasteiger partial charge in [-0.2, -0.15) is 0 Å². The molecule has 0 aromatic carbocycles. The second-order valence-corrected chi connectivity index (χ2v) is 15.1. The van der Waals surface area contributed by atoms with Crippen LogP contribution in [0.2, 0.25) is 0 Å². The topological polar surface area (TPSA) is 158 Å². The van der Waals surface area contributed by atoms with Crippen LogP contribution in [0, 0.1) is 34.5 Å². The molecule has 6 unspecified atom stereocenters. The van der Waals surface area contributed by atoms with E-state index in [1.54, 1.807) is 6.92 Å². The van der Waals surface area contributed by atoms with Crippen LogP contribution in [0.4, 0.5) is 4.79 Å². The van der Waals surface area contributed by atoms with Crippen LogP contribution in [0.5, 0.6) is 0 Å². The average Bonchev–Trinajstić information content (AvgIpc) is 3.52. The standard InChI is InChI=1S/C37H54O12/c1-22-9-11-30-31-19-27-10-12-32(36(27,6)14-15-37(30,31)13-7-8-28(40)16-22)49-35(43)47-26(5)46-33(41)17-23(2)18-34(42)48-29(20-44-24(3)38)21-45-25(4)39/h16,23,26-27,29-32H,7-15,17-21H2,1-6H3/b22-16+/t23?,26?,27-,30?,31-,32?,36?,37?/m0/s1. The number of carbonyl (C=O) groups excluding carboxylic acids is 6. The minimum atomic E-state index is -1.19. The fourth-order valence-electron chi connectivity index (χ4n) is 8.80. The summed E-state index contributed by atoms with van der Waals surface area (Å²) in [5.41, 5.74) is 1.33. The molecule has 0 aromatic rings. The summed E-state index contributed by atoms with van der Waals surface area (Å²) in [6.07, 6.45) is 7.91. The molecular weight excluding hydrogens is 636 g/mol. The SMILES string of the molecule is CC(=O)OCC(COC(C)=O)OC(=O)CC(C)CC(=O)OC(C)OC(=O)OC1CC[C@H]2C[C@H]3C4CC/C(C)=C/C(=O)CCCC43CCC12C. The predicted molar refractivity (Wildman–Crippen MR) is 174 cm³/mol. The molecule has 274 valence electrons. The van der Waals surface area contributed by atoms with Crippen molar-refractivity contribution >= 4 is 35.8 Å². The molecule has 0 heterocycles. The lowest BCUT2D eigenvalue weighted by atomic mass is 9.72. The molecule has 0 aromatic heterocycles. The Morgan fingerprint density at radius 3 is 2.14 bits per heavy atom. The van der Waals surface area contributed by atoms with Gasteiger partial charge in [-0.1, -0.05) is 19.4 Å². The van der Waals surface area contributed by atoms with Gasteiger partial charge in [0.2, 0.25) is 6.29 Å². The first-order valence-electron chi connectivity index (χ1n) is 17.8. The fourth-order valence-corrected chi connectivity index (χ4v) is 8.80. The van der Waals surface area contributed by atoms with E-state index in [9.17, 15) is 28.8 Å². The quantitative estimate of drug-likeness (QED) is 0.131. The van der Waals surface area contributed by atoms with Gasteiger partial charge in [0.15, 0.2) is 11.9 Å². The summed E-state index contributed by atoms with van der Waals surface area (Å²) < 4.78 is 31.5. The molecule has 0 N–H and O–H groups in total. The largest absolute Gasteiger partial charge is 0.511 e. The summed E-state index contributed by atoms with van der Waals surface area (Å²) in [5.74, 6) is -0.913. The molecule has 0 bridgehead atoms. The molecule has 1 spiro atoms. The van der Waals surface area contributed by atoms with Crippen molar-refractivity contribution in [1.29, 1.82) is 0 Å². The molecule has 0 saturated heterocycles. The first-order valence-corrected chi connectivity index (χ1v) is 17.8. The number of rotatable bonds is 12. The Morgan fingerprint density at radius 1 is 0.837 bits per heavy atom. The minimum absolute atomic E-state index is 0.146. The number of carbonyl (C=O) groups is 6. The van der Waals surface area contributed by atoms with Gasteiger partial charge in [-0.3, -0.25) is 24.0 Å². The zero-order valence-electron chi connectivity index (χ0n) is 29.9. The highest BCUT2D eigenvalue weighted by atomic mass is 16.8. The molecule has 12 heteroatoms. The van der Waals surface area contributed by atoms with E-state index in [-0.39, 0.29) is 43.4 Å². The first-order chi connectivity index (χ1) is 23.1. The zero-order valence-corrected chi connectivity index (χ0v) is 29.9. The van der Waals surface area contributed by atoms with Gasteiger partial charge >= 0.3 is 30.0 Å². The van der Waals surface area contributed by atoms with Crippen LogP contribution >= 0.6 is 0 Å². The van der Waals surface area contributed by atoms with E-state index in [1.165, 1.54) is 26.3 Å². The average molecular weight is 691 g/mol. The Kier molecular flexibility index (Phi) is 12.9. The van der Waals surface area contributed by atoms with Crippen LogP contribution in [-0.4, -0.2) is 67.5 Å². The molecule has 0 amide bonds. The van der Waals surface area contributed by atoms with Gasteiger partial charge in [0.1, 0.15) is 19.3 Å². The number of ether oxygens (including phenoxy) is 6.